The molecular formula is C20H30N2. The maximum Gasteiger partial charge on any atom is 0.0208 e. The monoisotopic (exact) mass is 298 g/mol. The summed E-state index contributed by atoms with van der Waals surface area (Å²) in [4.78, 5) is 0. The molecule has 0 unspecified atom stereocenters. The van der Waals surface area contributed by atoms with Gasteiger partial charge in [0.1, 0.15) is 0 Å². The van der Waals surface area contributed by atoms with Gasteiger partial charge in [0.2, 0.25) is 0 Å². The molecule has 0 saturated heterocycles. The van der Waals surface area contributed by atoms with Crippen LogP contribution in [0.1, 0.15) is 30.9 Å². The van der Waals surface area contributed by atoms with Crippen LogP contribution in [0.3, 0.4) is 0 Å². The highest BCUT2D eigenvalue weighted by Crippen LogP contribution is 2.14. The van der Waals surface area contributed by atoms with Crippen LogP contribution in [0.4, 0.5) is 0 Å². The highest BCUT2D eigenvalue weighted by atomic mass is 14.9. The van der Waals surface area contributed by atoms with E-state index in [0.29, 0.717) is 0 Å². The number of nitrogens with two attached hydrogens (primary N) is 1. The third-order valence-electron chi connectivity index (χ3n) is 3.78. The minimum atomic E-state index is 0.741. The molecule has 1 aliphatic heterocycles. The summed E-state index contributed by atoms with van der Waals surface area (Å²) in [5, 5.41) is 3.33. The number of hydrogen-bond donors (Lipinski definition) is 2. The largest absolute Gasteiger partial charge is 0.330 e. The van der Waals surface area contributed by atoms with Gasteiger partial charge in [-0.15, -0.1) is 0 Å². The maximum absolute atomic E-state index is 5.43. The zero-order valence-corrected chi connectivity index (χ0v) is 14.1. The van der Waals surface area contributed by atoms with Crippen molar-refractivity contribution in [2.75, 3.05) is 19.6 Å². The Morgan fingerprint density at radius 2 is 2.05 bits per heavy atom. The van der Waals surface area contributed by atoms with Gasteiger partial charge in [0, 0.05) is 6.54 Å². The van der Waals surface area contributed by atoms with E-state index in [4.69, 9.17) is 5.73 Å². The van der Waals surface area contributed by atoms with E-state index in [0.717, 1.165) is 38.9 Å². The first-order valence-corrected chi connectivity index (χ1v) is 8.19. The van der Waals surface area contributed by atoms with Crippen LogP contribution in [-0.2, 0) is 6.42 Å². The van der Waals surface area contributed by atoms with Gasteiger partial charge in [0.25, 0.3) is 0 Å². The van der Waals surface area contributed by atoms with Crippen LogP contribution in [0.2, 0.25) is 0 Å². The molecule has 2 nitrogen and oxygen atoms in total. The Bertz CT molecular complexity index is 512. The van der Waals surface area contributed by atoms with Gasteiger partial charge < -0.3 is 11.1 Å². The summed E-state index contributed by atoms with van der Waals surface area (Å²) in [6.07, 6.45) is 9.65. The lowest BCUT2D eigenvalue weighted by atomic mass is 10.0. The van der Waals surface area contributed by atoms with Gasteiger partial charge in [-0.2, -0.15) is 0 Å². The Hall–Kier alpha value is -1.64. The summed E-state index contributed by atoms with van der Waals surface area (Å²) < 4.78 is 0. The van der Waals surface area contributed by atoms with Crippen molar-refractivity contribution >= 4 is 0 Å². The van der Waals surface area contributed by atoms with Gasteiger partial charge >= 0.3 is 0 Å². The summed E-state index contributed by atoms with van der Waals surface area (Å²) in [5.41, 5.74) is 10.9. The first kappa shape index (κ1) is 18.4. The zero-order valence-electron chi connectivity index (χ0n) is 14.1. The van der Waals surface area contributed by atoms with Crippen LogP contribution in [-0.4, -0.2) is 19.6 Å². The first-order valence-electron chi connectivity index (χ1n) is 8.19. The average molecular weight is 298 g/mol. The van der Waals surface area contributed by atoms with Gasteiger partial charge in [-0.25, -0.2) is 0 Å². The lowest BCUT2D eigenvalue weighted by Gasteiger charge is -2.16. The number of rotatable bonds is 5. The Balaban J connectivity index is 0.000000224. The molecule has 0 amide bonds. The molecule has 0 radical (unpaired) electrons. The van der Waals surface area contributed by atoms with E-state index in [2.05, 4.69) is 62.2 Å². The molecule has 2 rings (SSSR count). The van der Waals surface area contributed by atoms with Crippen molar-refractivity contribution in [3.63, 3.8) is 0 Å². The van der Waals surface area contributed by atoms with E-state index in [9.17, 15) is 0 Å². The smallest absolute Gasteiger partial charge is 0.0208 e. The molecule has 1 aromatic rings. The predicted octanol–water partition coefficient (Wildman–Crippen LogP) is 3.92. The van der Waals surface area contributed by atoms with Crippen molar-refractivity contribution < 1.29 is 0 Å². The quantitative estimate of drug-likeness (QED) is 0.864. The van der Waals surface area contributed by atoms with Crippen LogP contribution in [0.25, 0.3) is 0 Å². The second-order valence-corrected chi connectivity index (χ2v) is 5.46. The molecule has 1 heterocycles. The summed E-state index contributed by atoms with van der Waals surface area (Å²) in [6, 6.07) is 8.35. The van der Waals surface area contributed by atoms with Gasteiger partial charge in [0.15, 0.2) is 0 Å². The Labute approximate surface area is 135 Å². The van der Waals surface area contributed by atoms with E-state index < -0.39 is 0 Å². The van der Waals surface area contributed by atoms with E-state index in [1.165, 1.54) is 22.3 Å². The average Bonchev–Trinajstić information content (AvgIpc) is 2.56. The van der Waals surface area contributed by atoms with Crippen molar-refractivity contribution in [2.45, 2.75) is 33.1 Å². The molecule has 2 heteroatoms. The molecule has 1 aromatic carbocycles. The summed E-state index contributed by atoms with van der Waals surface area (Å²) in [7, 11) is 0. The normalized spacial score (nSPS) is 14.7. The van der Waals surface area contributed by atoms with Crippen molar-refractivity contribution in [2.24, 2.45) is 5.73 Å². The Morgan fingerprint density at radius 3 is 2.68 bits per heavy atom. The van der Waals surface area contributed by atoms with Gasteiger partial charge in [-0.1, -0.05) is 56.0 Å². The lowest BCUT2D eigenvalue weighted by Crippen LogP contribution is -2.23. The molecule has 120 valence electrons. The first-order chi connectivity index (χ1) is 10.7. The number of nitrogens with one attached hydrogen (secondary N) is 1. The molecule has 22 heavy (non-hydrogen) atoms. The van der Waals surface area contributed by atoms with Crippen LogP contribution in [0.15, 0.2) is 60.2 Å². The Kier molecular flexibility index (Phi) is 9.20. The number of aryl methyl sites for hydroxylation is 1. The van der Waals surface area contributed by atoms with E-state index in [-0.39, 0.29) is 0 Å². The highest BCUT2D eigenvalue weighted by Gasteiger charge is 2.05. The second-order valence-electron chi connectivity index (χ2n) is 5.46. The fourth-order valence-electron chi connectivity index (χ4n) is 2.42. The summed E-state index contributed by atoms with van der Waals surface area (Å²) in [6.45, 7) is 10.9. The number of benzene rings is 1. The lowest BCUT2D eigenvalue weighted by molar-refractivity contribution is 0.695. The van der Waals surface area contributed by atoms with Crippen LogP contribution in [0.5, 0.6) is 0 Å². The summed E-state index contributed by atoms with van der Waals surface area (Å²) >= 11 is 0. The maximum atomic E-state index is 5.43. The van der Waals surface area contributed by atoms with Crippen molar-refractivity contribution in [1.82, 2.24) is 5.32 Å². The number of hydrogen-bond acceptors (Lipinski definition) is 2. The van der Waals surface area contributed by atoms with Crippen molar-refractivity contribution in [3.8, 4) is 0 Å². The SMILES string of the molecule is C=CC1=C(/C=C\CC)CCNC1.Cc1ccccc1CCN. The van der Waals surface area contributed by atoms with Crippen molar-refractivity contribution in [3.05, 3.63) is 71.3 Å². The third-order valence-corrected chi connectivity index (χ3v) is 3.78. The van der Waals surface area contributed by atoms with Crippen molar-refractivity contribution in [1.29, 1.82) is 0 Å². The fraction of sp³-hybridized carbons (Fsp3) is 0.400. The fourth-order valence-corrected chi connectivity index (χ4v) is 2.42. The molecular weight excluding hydrogens is 268 g/mol. The zero-order chi connectivity index (χ0) is 16.2. The standard InChI is InChI=1S/C11H17N.C9H13N/c1-3-5-6-11-7-8-12-9-10(11)4-2;1-8-4-2-3-5-9(8)6-7-10/h4-6,12H,2-3,7-9H2,1H3;2-5H,6-7,10H2,1H3/b6-5-;. The van der Waals surface area contributed by atoms with E-state index >= 15 is 0 Å². The molecule has 0 atom stereocenters. The van der Waals surface area contributed by atoms with Crippen LogP contribution >= 0.6 is 0 Å². The highest BCUT2D eigenvalue weighted by molar-refractivity contribution is 5.35. The summed E-state index contributed by atoms with van der Waals surface area (Å²) in [5.74, 6) is 0. The van der Waals surface area contributed by atoms with Crippen LogP contribution in [0, 0.1) is 6.92 Å². The number of allylic oxidation sites excluding steroid dienone is 2. The predicted molar refractivity (Wildman–Crippen MR) is 98.1 cm³/mol. The second kappa shape index (κ2) is 11.0. The van der Waals surface area contributed by atoms with Gasteiger partial charge in [0.05, 0.1) is 0 Å². The Morgan fingerprint density at radius 1 is 1.27 bits per heavy atom. The van der Waals surface area contributed by atoms with Gasteiger partial charge in [-0.3, -0.25) is 0 Å². The molecule has 0 bridgehead atoms. The van der Waals surface area contributed by atoms with Crippen LogP contribution < -0.4 is 11.1 Å². The molecule has 0 aliphatic carbocycles. The minimum Gasteiger partial charge on any atom is -0.330 e. The molecule has 0 aromatic heterocycles. The molecule has 0 fully saturated rings. The minimum absolute atomic E-state index is 0.741. The third kappa shape index (κ3) is 6.42. The van der Waals surface area contributed by atoms with E-state index in [1.807, 2.05) is 6.08 Å². The molecule has 0 spiro atoms. The van der Waals surface area contributed by atoms with Gasteiger partial charge in [-0.05, 0) is 61.5 Å². The molecule has 0 saturated carbocycles. The molecule has 3 N–H and O–H groups in total. The van der Waals surface area contributed by atoms with E-state index in [1.54, 1.807) is 0 Å². The molecule has 1 aliphatic rings. The topological polar surface area (TPSA) is 38.0 Å².